The SMILES string of the molecule is O=C(CNC[C@@H]1CCCO1)Nc1cc(Br)c[nH]c1=O. The molecule has 1 saturated heterocycles. The summed E-state index contributed by atoms with van der Waals surface area (Å²) in [6, 6.07) is 1.57. The number of carbonyl (C=O) groups excluding carboxylic acids is 1. The Morgan fingerprint density at radius 3 is 3.16 bits per heavy atom. The van der Waals surface area contributed by atoms with Gasteiger partial charge in [0.2, 0.25) is 5.91 Å². The Bertz CT molecular complexity index is 497. The third-order valence-electron chi connectivity index (χ3n) is 2.82. The number of hydrogen-bond donors (Lipinski definition) is 3. The molecule has 0 spiro atoms. The predicted molar refractivity (Wildman–Crippen MR) is 75.2 cm³/mol. The Labute approximate surface area is 119 Å². The molecule has 0 saturated carbocycles. The molecule has 1 amide bonds. The van der Waals surface area contributed by atoms with Crippen molar-refractivity contribution in [2.75, 3.05) is 25.0 Å². The third-order valence-corrected chi connectivity index (χ3v) is 3.28. The Morgan fingerprint density at radius 1 is 1.58 bits per heavy atom. The number of H-pyrrole nitrogens is 1. The summed E-state index contributed by atoms with van der Waals surface area (Å²) < 4.78 is 6.14. The molecule has 0 aromatic carbocycles. The molecule has 2 rings (SSSR count). The van der Waals surface area contributed by atoms with Gasteiger partial charge >= 0.3 is 0 Å². The lowest BCUT2D eigenvalue weighted by molar-refractivity contribution is -0.115. The maximum Gasteiger partial charge on any atom is 0.271 e. The second kappa shape index (κ2) is 6.83. The minimum atomic E-state index is -0.323. The van der Waals surface area contributed by atoms with E-state index in [4.69, 9.17) is 4.74 Å². The zero-order valence-corrected chi connectivity index (χ0v) is 12.0. The van der Waals surface area contributed by atoms with E-state index in [2.05, 4.69) is 31.5 Å². The number of halogens is 1. The summed E-state index contributed by atoms with van der Waals surface area (Å²) in [5.74, 6) is -0.249. The summed E-state index contributed by atoms with van der Waals surface area (Å²) in [7, 11) is 0. The quantitative estimate of drug-likeness (QED) is 0.747. The highest BCUT2D eigenvalue weighted by molar-refractivity contribution is 9.10. The Kier molecular flexibility index (Phi) is 5.12. The van der Waals surface area contributed by atoms with Crippen molar-refractivity contribution < 1.29 is 9.53 Å². The fraction of sp³-hybridized carbons (Fsp3) is 0.500. The Hall–Kier alpha value is -1.18. The van der Waals surface area contributed by atoms with Gasteiger partial charge in [0.1, 0.15) is 5.69 Å². The smallest absolute Gasteiger partial charge is 0.271 e. The first-order valence-electron chi connectivity index (χ1n) is 6.15. The van der Waals surface area contributed by atoms with Crippen LogP contribution in [0, 0.1) is 0 Å². The number of amides is 1. The lowest BCUT2D eigenvalue weighted by Crippen LogP contribution is -2.34. The topological polar surface area (TPSA) is 83.2 Å². The molecule has 1 atom stereocenters. The van der Waals surface area contributed by atoms with E-state index in [0.29, 0.717) is 11.0 Å². The molecular formula is C12H16BrN3O3. The molecule has 104 valence electrons. The lowest BCUT2D eigenvalue weighted by atomic mass is 10.2. The van der Waals surface area contributed by atoms with Gasteiger partial charge in [-0.15, -0.1) is 0 Å². The first-order valence-corrected chi connectivity index (χ1v) is 6.95. The number of pyridine rings is 1. The number of rotatable bonds is 5. The van der Waals surface area contributed by atoms with E-state index < -0.39 is 0 Å². The number of nitrogens with one attached hydrogen (secondary N) is 3. The summed E-state index contributed by atoms with van der Waals surface area (Å²) >= 11 is 3.23. The number of carbonyl (C=O) groups is 1. The van der Waals surface area contributed by atoms with Gasteiger partial charge in [0.05, 0.1) is 12.6 Å². The molecule has 7 heteroatoms. The largest absolute Gasteiger partial charge is 0.377 e. The molecule has 1 aromatic heterocycles. The van der Waals surface area contributed by atoms with E-state index in [1.54, 1.807) is 6.07 Å². The minimum absolute atomic E-state index is 0.159. The predicted octanol–water partition coefficient (Wildman–Crippen LogP) is 0.844. The summed E-state index contributed by atoms with van der Waals surface area (Å²) in [5.41, 5.74) is -0.0889. The van der Waals surface area contributed by atoms with Crippen LogP contribution in [0.15, 0.2) is 21.5 Å². The third kappa shape index (κ3) is 4.45. The first-order chi connectivity index (χ1) is 9.15. The molecule has 19 heavy (non-hydrogen) atoms. The van der Waals surface area contributed by atoms with Gasteiger partial charge in [0.15, 0.2) is 0 Å². The van der Waals surface area contributed by atoms with Crippen LogP contribution in [0.3, 0.4) is 0 Å². The van der Waals surface area contributed by atoms with Crippen molar-refractivity contribution in [3.8, 4) is 0 Å². The highest BCUT2D eigenvalue weighted by Crippen LogP contribution is 2.11. The molecule has 0 aliphatic carbocycles. The molecule has 1 fully saturated rings. The summed E-state index contributed by atoms with van der Waals surface area (Å²) in [6.07, 6.45) is 3.82. The summed E-state index contributed by atoms with van der Waals surface area (Å²) in [6.45, 7) is 1.61. The van der Waals surface area contributed by atoms with Gasteiger partial charge in [-0.25, -0.2) is 0 Å². The van der Waals surface area contributed by atoms with Crippen LogP contribution >= 0.6 is 15.9 Å². The van der Waals surface area contributed by atoms with E-state index in [-0.39, 0.29) is 29.8 Å². The molecule has 0 unspecified atom stereocenters. The molecule has 1 aromatic rings. The van der Waals surface area contributed by atoms with Gasteiger partial charge in [-0.05, 0) is 34.8 Å². The van der Waals surface area contributed by atoms with Crippen molar-refractivity contribution in [2.45, 2.75) is 18.9 Å². The number of hydrogen-bond acceptors (Lipinski definition) is 4. The van der Waals surface area contributed by atoms with Crippen LogP contribution in [-0.4, -0.2) is 36.7 Å². The second-order valence-corrected chi connectivity index (χ2v) is 5.29. The van der Waals surface area contributed by atoms with Crippen LogP contribution in [0.2, 0.25) is 0 Å². The number of ether oxygens (including phenoxy) is 1. The van der Waals surface area contributed by atoms with Crippen LogP contribution < -0.4 is 16.2 Å². The van der Waals surface area contributed by atoms with Crippen LogP contribution in [0.4, 0.5) is 5.69 Å². The van der Waals surface area contributed by atoms with E-state index in [1.807, 2.05) is 0 Å². The average molecular weight is 330 g/mol. The van der Waals surface area contributed by atoms with Gasteiger partial charge in [-0.2, -0.15) is 0 Å². The lowest BCUT2D eigenvalue weighted by Gasteiger charge is -2.10. The van der Waals surface area contributed by atoms with E-state index in [1.165, 1.54) is 6.20 Å². The minimum Gasteiger partial charge on any atom is -0.377 e. The highest BCUT2D eigenvalue weighted by atomic mass is 79.9. The second-order valence-electron chi connectivity index (χ2n) is 4.37. The molecule has 0 bridgehead atoms. The van der Waals surface area contributed by atoms with Gasteiger partial charge in [0.25, 0.3) is 5.56 Å². The molecular weight excluding hydrogens is 314 g/mol. The van der Waals surface area contributed by atoms with E-state index in [9.17, 15) is 9.59 Å². The zero-order chi connectivity index (χ0) is 13.7. The van der Waals surface area contributed by atoms with Crippen LogP contribution in [0.5, 0.6) is 0 Å². The highest BCUT2D eigenvalue weighted by Gasteiger charge is 2.15. The molecule has 0 radical (unpaired) electrons. The Balaban J connectivity index is 1.77. The van der Waals surface area contributed by atoms with E-state index >= 15 is 0 Å². The average Bonchev–Trinajstić information content (AvgIpc) is 2.87. The number of aromatic nitrogens is 1. The fourth-order valence-corrected chi connectivity index (χ4v) is 2.24. The molecule has 2 heterocycles. The summed E-state index contributed by atoms with van der Waals surface area (Å²) in [4.78, 5) is 25.6. The van der Waals surface area contributed by atoms with Crippen LogP contribution in [0.1, 0.15) is 12.8 Å². The van der Waals surface area contributed by atoms with Gasteiger partial charge in [-0.3, -0.25) is 9.59 Å². The van der Waals surface area contributed by atoms with Crippen molar-refractivity contribution in [3.63, 3.8) is 0 Å². The standard InChI is InChI=1S/C12H16BrN3O3/c13-8-4-10(12(18)15-5-8)16-11(17)7-14-6-9-2-1-3-19-9/h4-5,9,14H,1-3,6-7H2,(H,15,18)(H,16,17)/t9-/m0/s1. The van der Waals surface area contributed by atoms with E-state index in [0.717, 1.165) is 19.4 Å². The van der Waals surface area contributed by atoms with Gasteiger partial charge in [0, 0.05) is 23.8 Å². The van der Waals surface area contributed by atoms with Gasteiger partial charge < -0.3 is 20.4 Å². The maximum absolute atomic E-state index is 11.7. The maximum atomic E-state index is 11.7. The van der Waals surface area contributed by atoms with Crippen LogP contribution in [0.25, 0.3) is 0 Å². The van der Waals surface area contributed by atoms with Crippen molar-refractivity contribution in [2.24, 2.45) is 0 Å². The van der Waals surface area contributed by atoms with Crippen molar-refractivity contribution in [3.05, 3.63) is 27.1 Å². The van der Waals surface area contributed by atoms with Crippen molar-refractivity contribution >= 4 is 27.5 Å². The molecule has 3 N–H and O–H groups in total. The fourth-order valence-electron chi connectivity index (χ4n) is 1.90. The number of anilines is 1. The molecule has 1 aliphatic heterocycles. The van der Waals surface area contributed by atoms with Gasteiger partial charge in [-0.1, -0.05) is 0 Å². The molecule has 6 nitrogen and oxygen atoms in total. The van der Waals surface area contributed by atoms with Crippen LogP contribution in [-0.2, 0) is 9.53 Å². The summed E-state index contributed by atoms with van der Waals surface area (Å²) in [5, 5.41) is 5.58. The first kappa shape index (κ1) is 14.2. The Morgan fingerprint density at radius 2 is 2.42 bits per heavy atom. The normalized spacial score (nSPS) is 18.5. The monoisotopic (exact) mass is 329 g/mol. The zero-order valence-electron chi connectivity index (χ0n) is 10.4. The van der Waals surface area contributed by atoms with Crippen molar-refractivity contribution in [1.29, 1.82) is 0 Å². The van der Waals surface area contributed by atoms with Crippen molar-refractivity contribution in [1.82, 2.24) is 10.3 Å². The number of aromatic amines is 1. The molecule has 1 aliphatic rings.